The van der Waals surface area contributed by atoms with Crippen molar-refractivity contribution >= 4 is 25.8 Å². The van der Waals surface area contributed by atoms with Gasteiger partial charge in [0.05, 0.1) is 27.4 Å². The third-order valence-corrected chi connectivity index (χ3v) is 6.71. The molecule has 1 fully saturated rings. The van der Waals surface area contributed by atoms with Crippen molar-refractivity contribution in [2.75, 3.05) is 18.6 Å². The maximum absolute atomic E-state index is 11.6. The molecule has 5 nitrogen and oxygen atoms in total. The van der Waals surface area contributed by atoms with Gasteiger partial charge >= 0.3 is 0 Å². The van der Waals surface area contributed by atoms with Crippen LogP contribution in [0.3, 0.4) is 0 Å². The van der Waals surface area contributed by atoms with Crippen molar-refractivity contribution in [2.24, 2.45) is 13.0 Å². The van der Waals surface area contributed by atoms with Crippen molar-refractivity contribution < 1.29 is 8.42 Å². The molecule has 0 amide bonds. The maximum Gasteiger partial charge on any atom is 0.150 e. The van der Waals surface area contributed by atoms with E-state index in [0.29, 0.717) is 11.5 Å². The Kier molecular flexibility index (Phi) is 4.37. The molecule has 19 heavy (non-hydrogen) atoms. The third kappa shape index (κ3) is 3.20. The number of aromatic nitrogens is 2. The summed E-state index contributed by atoms with van der Waals surface area (Å²) in [6, 6.07) is 0.170. The predicted molar refractivity (Wildman–Crippen MR) is 79.0 cm³/mol. The quantitative estimate of drug-likeness (QED) is 0.882. The molecule has 1 saturated heterocycles. The van der Waals surface area contributed by atoms with Crippen LogP contribution in [0, 0.1) is 12.8 Å². The van der Waals surface area contributed by atoms with Crippen molar-refractivity contribution in [3.63, 3.8) is 0 Å². The van der Waals surface area contributed by atoms with Crippen LogP contribution in [-0.2, 0) is 23.3 Å². The highest BCUT2D eigenvalue weighted by Gasteiger charge is 2.33. The van der Waals surface area contributed by atoms with Crippen LogP contribution in [0.15, 0.2) is 4.47 Å². The number of rotatable bonds is 4. The SMILES string of the molecule is CNC(Cc1c(Br)c(C)nn1C)C1CCS(=O)(=O)C1. The molecule has 1 N–H and O–H groups in total. The van der Waals surface area contributed by atoms with Gasteiger partial charge in [0.1, 0.15) is 0 Å². The third-order valence-electron chi connectivity index (χ3n) is 3.88. The first-order valence-corrected chi connectivity index (χ1v) is 9.01. The van der Waals surface area contributed by atoms with Crippen LogP contribution in [0.1, 0.15) is 17.8 Å². The van der Waals surface area contributed by atoms with Gasteiger partial charge in [-0.2, -0.15) is 5.10 Å². The molecule has 2 rings (SSSR count). The van der Waals surface area contributed by atoms with E-state index in [-0.39, 0.29) is 12.0 Å². The van der Waals surface area contributed by atoms with E-state index in [1.54, 1.807) is 0 Å². The minimum atomic E-state index is -2.83. The van der Waals surface area contributed by atoms with Crippen LogP contribution in [-0.4, -0.2) is 42.8 Å². The van der Waals surface area contributed by atoms with Gasteiger partial charge in [-0.25, -0.2) is 8.42 Å². The van der Waals surface area contributed by atoms with Gasteiger partial charge in [-0.15, -0.1) is 0 Å². The van der Waals surface area contributed by atoms with Gasteiger partial charge in [0.25, 0.3) is 0 Å². The molecule has 1 aliphatic heterocycles. The zero-order valence-corrected chi connectivity index (χ0v) is 13.9. The fourth-order valence-corrected chi connectivity index (χ4v) is 5.13. The Hall–Kier alpha value is -0.400. The molecular weight excluding hydrogens is 330 g/mol. The number of likely N-dealkylation sites (N-methyl/N-ethyl adjacent to an activating group) is 1. The molecule has 0 aromatic carbocycles. The van der Waals surface area contributed by atoms with Gasteiger partial charge in [0, 0.05) is 19.5 Å². The van der Waals surface area contributed by atoms with Gasteiger partial charge in [-0.3, -0.25) is 4.68 Å². The normalized spacial score (nSPS) is 23.7. The van der Waals surface area contributed by atoms with E-state index in [0.717, 1.165) is 28.7 Å². The summed E-state index contributed by atoms with van der Waals surface area (Å²) in [7, 11) is 0.985. The molecule has 0 radical (unpaired) electrons. The minimum absolute atomic E-state index is 0.170. The standard InChI is InChI=1S/C12H20BrN3O2S/c1-8-12(13)11(16(3)15-8)6-10(14-2)9-4-5-19(17,18)7-9/h9-10,14H,4-7H2,1-3H3. The first kappa shape index (κ1) is 15.0. The largest absolute Gasteiger partial charge is 0.316 e. The fraction of sp³-hybridized carbons (Fsp3) is 0.750. The highest BCUT2D eigenvalue weighted by atomic mass is 79.9. The van der Waals surface area contributed by atoms with Gasteiger partial charge in [-0.1, -0.05) is 0 Å². The van der Waals surface area contributed by atoms with Crippen molar-refractivity contribution in [3.8, 4) is 0 Å². The Bertz CT molecular complexity index is 568. The number of hydrogen-bond donors (Lipinski definition) is 1. The van der Waals surface area contributed by atoms with Crippen LogP contribution in [0.25, 0.3) is 0 Å². The van der Waals surface area contributed by atoms with Crippen LogP contribution < -0.4 is 5.32 Å². The molecule has 1 aromatic heterocycles. The molecule has 2 heterocycles. The first-order valence-electron chi connectivity index (χ1n) is 6.39. The van der Waals surface area contributed by atoms with E-state index in [4.69, 9.17) is 0 Å². The molecule has 7 heteroatoms. The lowest BCUT2D eigenvalue weighted by atomic mass is 9.95. The molecule has 0 saturated carbocycles. The van der Waals surface area contributed by atoms with E-state index in [1.807, 2.05) is 25.7 Å². The number of nitrogens with one attached hydrogen (secondary N) is 1. The second kappa shape index (κ2) is 5.54. The summed E-state index contributed by atoms with van der Waals surface area (Å²) in [6.07, 6.45) is 1.54. The summed E-state index contributed by atoms with van der Waals surface area (Å²) in [6.45, 7) is 1.96. The second-order valence-electron chi connectivity index (χ2n) is 5.23. The molecule has 2 atom stereocenters. The summed E-state index contributed by atoms with van der Waals surface area (Å²) >= 11 is 3.56. The van der Waals surface area contributed by atoms with Gasteiger partial charge in [-0.05, 0) is 42.2 Å². The summed E-state index contributed by atoms with van der Waals surface area (Å²) < 4.78 is 26.1. The average Bonchev–Trinajstić information content (AvgIpc) is 2.79. The second-order valence-corrected chi connectivity index (χ2v) is 8.25. The number of sulfone groups is 1. The molecular formula is C12H20BrN3O2S. The molecule has 108 valence electrons. The summed E-state index contributed by atoms with van der Waals surface area (Å²) in [5, 5.41) is 7.64. The Morgan fingerprint density at radius 1 is 1.58 bits per heavy atom. The summed E-state index contributed by atoms with van der Waals surface area (Å²) in [4.78, 5) is 0. The Labute approximate surface area is 122 Å². The minimum Gasteiger partial charge on any atom is -0.316 e. The molecule has 0 spiro atoms. The van der Waals surface area contributed by atoms with E-state index < -0.39 is 9.84 Å². The molecule has 0 aliphatic carbocycles. The van der Waals surface area contributed by atoms with Crippen molar-refractivity contribution in [1.82, 2.24) is 15.1 Å². The highest BCUT2D eigenvalue weighted by molar-refractivity contribution is 9.10. The number of nitrogens with zero attached hydrogens (tertiary/aromatic N) is 2. The van der Waals surface area contributed by atoms with Crippen molar-refractivity contribution in [2.45, 2.75) is 25.8 Å². The zero-order valence-electron chi connectivity index (χ0n) is 11.5. The van der Waals surface area contributed by atoms with Crippen LogP contribution in [0.5, 0.6) is 0 Å². The lowest BCUT2D eigenvalue weighted by molar-refractivity contribution is 0.395. The lowest BCUT2D eigenvalue weighted by Gasteiger charge is -2.22. The van der Waals surface area contributed by atoms with E-state index in [1.165, 1.54) is 0 Å². The molecule has 2 unspecified atom stereocenters. The molecule has 1 aliphatic rings. The van der Waals surface area contributed by atoms with Crippen LogP contribution in [0.4, 0.5) is 0 Å². The van der Waals surface area contributed by atoms with E-state index in [2.05, 4.69) is 26.3 Å². The topological polar surface area (TPSA) is 64.0 Å². The monoisotopic (exact) mass is 349 g/mol. The zero-order chi connectivity index (χ0) is 14.2. The Balaban J connectivity index is 2.16. The van der Waals surface area contributed by atoms with Crippen molar-refractivity contribution in [3.05, 3.63) is 15.9 Å². The summed E-state index contributed by atoms with van der Waals surface area (Å²) in [5.41, 5.74) is 2.08. The van der Waals surface area contributed by atoms with E-state index in [9.17, 15) is 8.42 Å². The lowest BCUT2D eigenvalue weighted by Crippen LogP contribution is -2.36. The van der Waals surface area contributed by atoms with E-state index >= 15 is 0 Å². The van der Waals surface area contributed by atoms with Gasteiger partial charge < -0.3 is 5.32 Å². The number of aryl methyl sites for hydroxylation is 2. The van der Waals surface area contributed by atoms with Gasteiger partial charge in [0.2, 0.25) is 0 Å². The number of halogens is 1. The fourth-order valence-electron chi connectivity index (χ4n) is 2.76. The predicted octanol–water partition coefficient (Wildman–Crippen LogP) is 1.06. The number of hydrogen-bond acceptors (Lipinski definition) is 4. The molecule has 1 aromatic rings. The van der Waals surface area contributed by atoms with Crippen molar-refractivity contribution in [1.29, 1.82) is 0 Å². The smallest absolute Gasteiger partial charge is 0.150 e. The van der Waals surface area contributed by atoms with Crippen LogP contribution in [0.2, 0.25) is 0 Å². The summed E-state index contributed by atoms with van der Waals surface area (Å²) in [5.74, 6) is 0.811. The Morgan fingerprint density at radius 3 is 2.68 bits per heavy atom. The highest BCUT2D eigenvalue weighted by Crippen LogP contribution is 2.27. The molecule has 0 bridgehead atoms. The van der Waals surface area contributed by atoms with Gasteiger partial charge in [0.15, 0.2) is 9.84 Å². The van der Waals surface area contributed by atoms with Crippen LogP contribution >= 0.6 is 15.9 Å². The first-order chi connectivity index (χ1) is 8.84. The maximum atomic E-state index is 11.6. The average molecular weight is 350 g/mol. The Morgan fingerprint density at radius 2 is 2.26 bits per heavy atom.